The summed E-state index contributed by atoms with van der Waals surface area (Å²) in [4.78, 5) is 48.3. The van der Waals surface area contributed by atoms with Crippen LogP contribution in [0, 0.1) is 11.8 Å². The van der Waals surface area contributed by atoms with Gasteiger partial charge in [0, 0.05) is 38.0 Å². The van der Waals surface area contributed by atoms with Gasteiger partial charge in [-0.25, -0.2) is 0 Å². The van der Waals surface area contributed by atoms with Crippen molar-refractivity contribution < 1.29 is 29.0 Å². The molecule has 4 aliphatic rings. The number of carbonyl (C=O) groups excluding carboxylic acids is 3. The first-order chi connectivity index (χ1) is 20.5. The van der Waals surface area contributed by atoms with Gasteiger partial charge in [-0.2, -0.15) is 0 Å². The van der Waals surface area contributed by atoms with Crippen molar-refractivity contribution in [1.82, 2.24) is 14.7 Å². The van der Waals surface area contributed by atoms with E-state index >= 15 is 0 Å². The molecule has 9 nitrogen and oxygen atoms in total. The summed E-state index contributed by atoms with van der Waals surface area (Å²) in [5, 5.41) is 10.6. The third-order valence-corrected chi connectivity index (χ3v) is 11.1. The number of unbranched alkanes of at least 4 members (excludes halogenated alkanes) is 1. The number of allylic oxidation sites excluding steroid dienone is 1. The molecule has 6 atom stereocenters. The standard InChI is InChI=1S/C32H43N3O6S/c1-3-5-9-19-41-31(39)26-25-12-13-32(42-25)27(26)29(37)35(24(22-36)23-10-7-6-8-11-23)28(32)30(38)34(14-4-2)16-15-33-17-20-40-21-18-33/h3-4,6-8,10-11,24-28,36H,1-2,5,9,12-22H2/t24-,25+,26-,27+,28?,32?/m1/s1. The number of morpholine rings is 1. The van der Waals surface area contributed by atoms with Crippen LogP contribution in [0.2, 0.25) is 0 Å². The summed E-state index contributed by atoms with van der Waals surface area (Å²) in [6, 6.07) is 7.84. The average Bonchev–Trinajstić information content (AvgIpc) is 3.66. The number of likely N-dealkylation sites (tertiary alicyclic amines) is 1. The molecule has 1 N–H and O–H groups in total. The maximum Gasteiger partial charge on any atom is 0.310 e. The summed E-state index contributed by atoms with van der Waals surface area (Å²) in [5.74, 6) is -2.05. The number of rotatable bonds is 14. The Morgan fingerprint density at radius 1 is 1.21 bits per heavy atom. The monoisotopic (exact) mass is 597 g/mol. The molecule has 0 aromatic heterocycles. The van der Waals surface area contributed by atoms with E-state index in [-0.39, 0.29) is 36.2 Å². The average molecular weight is 598 g/mol. The zero-order valence-electron chi connectivity index (χ0n) is 24.3. The van der Waals surface area contributed by atoms with Gasteiger partial charge < -0.3 is 24.4 Å². The van der Waals surface area contributed by atoms with Crippen molar-refractivity contribution in [3.8, 4) is 0 Å². The Balaban J connectivity index is 1.48. The van der Waals surface area contributed by atoms with Crippen LogP contribution in [-0.2, 0) is 23.9 Å². The molecule has 4 saturated heterocycles. The third-order valence-electron chi connectivity index (χ3n) is 9.19. The first-order valence-corrected chi connectivity index (χ1v) is 16.0. The van der Waals surface area contributed by atoms with Crippen molar-refractivity contribution in [3.63, 3.8) is 0 Å². The van der Waals surface area contributed by atoms with E-state index in [1.54, 1.807) is 33.7 Å². The number of amides is 2. The van der Waals surface area contributed by atoms with Crippen molar-refractivity contribution in [1.29, 1.82) is 0 Å². The van der Waals surface area contributed by atoms with Crippen molar-refractivity contribution >= 4 is 29.5 Å². The zero-order valence-corrected chi connectivity index (χ0v) is 25.1. The second-order valence-electron chi connectivity index (χ2n) is 11.5. The van der Waals surface area contributed by atoms with Gasteiger partial charge in [0.1, 0.15) is 6.04 Å². The van der Waals surface area contributed by atoms with Gasteiger partial charge in [-0.1, -0.05) is 42.5 Å². The first kappa shape index (κ1) is 30.8. The maximum absolute atomic E-state index is 14.7. The van der Waals surface area contributed by atoms with Gasteiger partial charge in [0.2, 0.25) is 11.8 Å². The fourth-order valence-corrected chi connectivity index (χ4v) is 9.39. The van der Waals surface area contributed by atoms with Gasteiger partial charge in [-0.05, 0) is 31.2 Å². The lowest BCUT2D eigenvalue weighted by Gasteiger charge is -2.40. The molecule has 2 unspecified atom stereocenters. The first-order valence-electron chi connectivity index (χ1n) is 15.1. The minimum atomic E-state index is -0.814. The molecule has 0 aliphatic carbocycles. The molecule has 228 valence electrons. The van der Waals surface area contributed by atoms with Crippen LogP contribution in [0.1, 0.15) is 37.3 Å². The highest BCUT2D eigenvalue weighted by atomic mass is 32.2. The highest BCUT2D eigenvalue weighted by molar-refractivity contribution is 8.02. The number of ether oxygens (including phenoxy) is 2. The van der Waals surface area contributed by atoms with Crippen molar-refractivity contribution in [3.05, 3.63) is 61.2 Å². The van der Waals surface area contributed by atoms with E-state index in [0.717, 1.165) is 31.5 Å². The molecule has 1 spiro atoms. The number of nitrogens with zero attached hydrogens (tertiary/aromatic N) is 3. The van der Waals surface area contributed by atoms with E-state index in [1.807, 2.05) is 30.3 Å². The van der Waals surface area contributed by atoms with E-state index in [4.69, 9.17) is 9.47 Å². The number of aliphatic hydroxyl groups excluding tert-OH is 1. The number of carbonyl (C=O) groups is 3. The number of hydrogen-bond donors (Lipinski definition) is 1. The normalized spacial score (nSPS) is 29.3. The molecule has 0 saturated carbocycles. The van der Waals surface area contributed by atoms with Gasteiger partial charge >= 0.3 is 5.97 Å². The van der Waals surface area contributed by atoms with Gasteiger partial charge in [0.25, 0.3) is 0 Å². The van der Waals surface area contributed by atoms with E-state index in [2.05, 4.69) is 18.1 Å². The Labute approximate surface area is 252 Å². The molecule has 1 aromatic rings. The second kappa shape index (κ2) is 13.8. The van der Waals surface area contributed by atoms with Crippen LogP contribution in [0.5, 0.6) is 0 Å². The van der Waals surface area contributed by atoms with E-state index < -0.39 is 28.7 Å². The Morgan fingerprint density at radius 2 is 1.98 bits per heavy atom. The number of hydrogen-bond acceptors (Lipinski definition) is 8. The highest BCUT2D eigenvalue weighted by Gasteiger charge is 2.74. The summed E-state index contributed by atoms with van der Waals surface area (Å²) in [7, 11) is 0. The Kier molecular flexibility index (Phi) is 10.1. The molecule has 10 heteroatoms. The van der Waals surface area contributed by atoms with Crippen LogP contribution in [0.4, 0.5) is 0 Å². The second-order valence-corrected chi connectivity index (χ2v) is 13.1. The third kappa shape index (κ3) is 5.78. The van der Waals surface area contributed by atoms with Crippen molar-refractivity contribution in [2.45, 2.75) is 47.8 Å². The number of aliphatic hydroxyl groups is 1. The van der Waals surface area contributed by atoms with Crippen LogP contribution in [-0.4, -0.2) is 113 Å². The van der Waals surface area contributed by atoms with Crippen LogP contribution in [0.15, 0.2) is 55.6 Å². The Hall–Kier alpha value is -2.66. The Bertz CT molecular complexity index is 1140. The molecular formula is C32H43N3O6S. The fraction of sp³-hybridized carbons (Fsp3) is 0.594. The predicted molar refractivity (Wildman–Crippen MR) is 162 cm³/mol. The van der Waals surface area contributed by atoms with Crippen molar-refractivity contribution in [2.24, 2.45) is 11.8 Å². The van der Waals surface area contributed by atoms with Gasteiger partial charge in [-0.15, -0.1) is 24.9 Å². The summed E-state index contributed by atoms with van der Waals surface area (Å²) in [6.07, 6.45) is 6.32. The zero-order chi connectivity index (χ0) is 29.7. The van der Waals surface area contributed by atoms with Gasteiger partial charge in [-0.3, -0.25) is 19.3 Å². The molecule has 4 aliphatic heterocycles. The van der Waals surface area contributed by atoms with E-state index in [9.17, 15) is 19.5 Å². The fourth-order valence-electron chi connectivity index (χ4n) is 7.21. The van der Waals surface area contributed by atoms with Crippen LogP contribution < -0.4 is 0 Å². The van der Waals surface area contributed by atoms with Crippen LogP contribution in [0.3, 0.4) is 0 Å². The summed E-state index contributed by atoms with van der Waals surface area (Å²) >= 11 is 1.62. The predicted octanol–water partition coefficient (Wildman–Crippen LogP) is 2.67. The minimum absolute atomic E-state index is 0.0752. The molecule has 2 amide bonds. The summed E-state index contributed by atoms with van der Waals surface area (Å²) in [5.41, 5.74) is 0.759. The molecule has 1 aromatic carbocycles. The SMILES string of the molecule is C=CCCCOC(=O)[C@@H]1[C@@H]2CCC3(S2)C(C(=O)N(CC=C)CCN2CCOCC2)N([C@H](CO)c2ccccc2)C(=O)[C@H]13. The molecule has 4 fully saturated rings. The lowest BCUT2D eigenvalue weighted by Crippen LogP contribution is -2.56. The summed E-state index contributed by atoms with van der Waals surface area (Å²) in [6.45, 7) is 12.1. The maximum atomic E-state index is 14.7. The highest BCUT2D eigenvalue weighted by Crippen LogP contribution is 2.67. The molecule has 0 radical (unpaired) electrons. The smallest absolute Gasteiger partial charge is 0.310 e. The largest absolute Gasteiger partial charge is 0.465 e. The molecule has 5 rings (SSSR count). The summed E-state index contributed by atoms with van der Waals surface area (Å²) < 4.78 is 10.4. The number of benzene rings is 1. The van der Waals surface area contributed by atoms with Crippen LogP contribution >= 0.6 is 11.8 Å². The molecule has 2 bridgehead atoms. The number of fused-ring (bicyclic) bond motifs is 1. The molecule has 4 heterocycles. The molecular weight excluding hydrogens is 554 g/mol. The van der Waals surface area contributed by atoms with E-state index in [0.29, 0.717) is 45.7 Å². The lowest BCUT2D eigenvalue weighted by atomic mass is 9.71. The quantitative estimate of drug-likeness (QED) is 0.199. The number of thioether (sulfide) groups is 1. The topological polar surface area (TPSA) is 99.6 Å². The van der Waals surface area contributed by atoms with Gasteiger partial charge in [0.15, 0.2) is 0 Å². The van der Waals surface area contributed by atoms with Crippen molar-refractivity contribution in [2.75, 3.05) is 59.2 Å². The minimum Gasteiger partial charge on any atom is -0.465 e. The van der Waals surface area contributed by atoms with Crippen LogP contribution in [0.25, 0.3) is 0 Å². The Morgan fingerprint density at radius 3 is 2.67 bits per heavy atom. The van der Waals surface area contributed by atoms with E-state index in [1.165, 1.54) is 0 Å². The number of esters is 1. The van der Waals surface area contributed by atoms with Gasteiger partial charge in [0.05, 0.1) is 49.1 Å². The lowest BCUT2D eigenvalue weighted by molar-refractivity contribution is -0.154. The molecule has 42 heavy (non-hydrogen) atoms.